The molecule has 0 bridgehead atoms. The molecule has 0 radical (unpaired) electrons. The summed E-state index contributed by atoms with van der Waals surface area (Å²) in [7, 11) is 1.61. The molecule has 0 atom stereocenters. The third-order valence-electron chi connectivity index (χ3n) is 3.81. The summed E-state index contributed by atoms with van der Waals surface area (Å²) in [6.07, 6.45) is 0. The van der Waals surface area contributed by atoms with E-state index in [1.165, 1.54) is 11.3 Å². The van der Waals surface area contributed by atoms with Crippen molar-refractivity contribution in [2.45, 2.75) is 0 Å². The van der Waals surface area contributed by atoms with Gasteiger partial charge in [-0.05, 0) is 36.4 Å². The van der Waals surface area contributed by atoms with Crippen LogP contribution in [0.2, 0.25) is 5.02 Å². The number of amides is 1. The molecule has 2 aromatic carbocycles. The van der Waals surface area contributed by atoms with Gasteiger partial charge in [0.25, 0.3) is 5.91 Å². The maximum Gasteiger partial charge on any atom is 0.293 e. The van der Waals surface area contributed by atoms with Crippen molar-refractivity contribution in [2.24, 2.45) is 0 Å². The second kappa shape index (κ2) is 6.82. The fourth-order valence-electron chi connectivity index (χ4n) is 2.60. The third kappa shape index (κ3) is 3.16. The average molecular weight is 385 g/mol. The molecule has 0 unspecified atom stereocenters. The number of furan rings is 1. The van der Waals surface area contributed by atoms with Crippen molar-refractivity contribution in [3.63, 3.8) is 0 Å². The standard InChI is InChI=1S/C19H13ClN2O3S/c1-24-16-5-3-2-4-13(16)14-10-26-19(21-14)22-18(23)17-9-11-8-12(20)6-7-15(11)25-17/h2-10H,1H3,(H,21,22,23). The highest BCUT2D eigenvalue weighted by Gasteiger charge is 2.16. The van der Waals surface area contributed by atoms with Crippen LogP contribution in [0.3, 0.4) is 0 Å². The fraction of sp³-hybridized carbons (Fsp3) is 0.0526. The summed E-state index contributed by atoms with van der Waals surface area (Å²) >= 11 is 7.30. The second-order valence-corrected chi connectivity index (χ2v) is 6.78. The van der Waals surface area contributed by atoms with Crippen molar-refractivity contribution in [3.8, 4) is 17.0 Å². The predicted molar refractivity (Wildman–Crippen MR) is 103 cm³/mol. The molecule has 130 valence electrons. The highest BCUT2D eigenvalue weighted by molar-refractivity contribution is 7.14. The third-order valence-corrected chi connectivity index (χ3v) is 4.80. The molecule has 2 heterocycles. The number of thiazole rings is 1. The summed E-state index contributed by atoms with van der Waals surface area (Å²) in [5.74, 6) is 0.569. The van der Waals surface area contributed by atoms with Crippen molar-refractivity contribution in [3.05, 3.63) is 64.7 Å². The Morgan fingerprint density at radius 1 is 1.23 bits per heavy atom. The number of carbonyl (C=O) groups excluding carboxylic acids is 1. The number of hydrogen-bond donors (Lipinski definition) is 1. The monoisotopic (exact) mass is 384 g/mol. The first-order valence-corrected chi connectivity index (χ1v) is 8.99. The van der Waals surface area contributed by atoms with Crippen molar-refractivity contribution in [1.29, 1.82) is 0 Å². The van der Waals surface area contributed by atoms with Gasteiger partial charge in [-0.3, -0.25) is 10.1 Å². The molecule has 0 aliphatic carbocycles. The number of aromatic nitrogens is 1. The number of methoxy groups -OCH3 is 1. The van der Waals surface area contributed by atoms with E-state index in [0.29, 0.717) is 15.7 Å². The van der Waals surface area contributed by atoms with Gasteiger partial charge >= 0.3 is 0 Å². The molecule has 0 spiro atoms. The zero-order valence-corrected chi connectivity index (χ0v) is 15.2. The number of carbonyl (C=O) groups is 1. The van der Waals surface area contributed by atoms with Crippen LogP contribution < -0.4 is 10.1 Å². The quantitative estimate of drug-likeness (QED) is 0.506. The minimum atomic E-state index is -0.363. The summed E-state index contributed by atoms with van der Waals surface area (Å²) in [4.78, 5) is 16.9. The second-order valence-electron chi connectivity index (χ2n) is 5.49. The van der Waals surface area contributed by atoms with Gasteiger partial charge in [0, 0.05) is 21.4 Å². The Hall–Kier alpha value is -2.83. The largest absolute Gasteiger partial charge is 0.496 e. The van der Waals surface area contributed by atoms with Crippen LogP contribution in [0.15, 0.2) is 58.3 Å². The zero-order valence-electron chi connectivity index (χ0n) is 13.7. The molecule has 4 rings (SSSR count). The SMILES string of the molecule is COc1ccccc1-c1csc(NC(=O)c2cc3cc(Cl)ccc3o2)n1. The van der Waals surface area contributed by atoms with E-state index in [-0.39, 0.29) is 11.7 Å². The first-order chi connectivity index (χ1) is 12.6. The molecule has 1 N–H and O–H groups in total. The molecule has 0 aliphatic rings. The smallest absolute Gasteiger partial charge is 0.293 e. The zero-order chi connectivity index (χ0) is 18.1. The highest BCUT2D eigenvalue weighted by atomic mass is 35.5. The number of nitrogens with zero attached hydrogens (tertiary/aromatic N) is 1. The van der Waals surface area contributed by atoms with Gasteiger partial charge in [0.15, 0.2) is 10.9 Å². The molecule has 2 aromatic heterocycles. The Morgan fingerprint density at radius 3 is 2.92 bits per heavy atom. The Balaban J connectivity index is 1.57. The number of hydrogen-bond acceptors (Lipinski definition) is 5. The summed E-state index contributed by atoms with van der Waals surface area (Å²) in [5.41, 5.74) is 2.21. The molecule has 7 heteroatoms. The minimum absolute atomic E-state index is 0.205. The normalized spacial score (nSPS) is 10.8. The van der Waals surface area contributed by atoms with Crippen LogP contribution in [-0.4, -0.2) is 18.0 Å². The maximum atomic E-state index is 12.4. The molecule has 0 fully saturated rings. The van der Waals surface area contributed by atoms with Crippen molar-refractivity contribution >= 4 is 44.9 Å². The molecule has 0 aliphatic heterocycles. The van der Waals surface area contributed by atoms with Crippen LogP contribution in [0.5, 0.6) is 5.75 Å². The van der Waals surface area contributed by atoms with Crippen LogP contribution in [0.25, 0.3) is 22.2 Å². The van der Waals surface area contributed by atoms with E-state index in [1.807, 2.05) is 29.6 Å². The maximum absolute atomic E-state index is 12.4. The Bertz CT molecular complexity index is 1100. The number of para-hydroxylation sites is 1. The van der Waals surface area contributed by atoms with Gasteiger partial charge in [-0.25, -0.2) is 4.98 Å². The molecule has 0 saturated heterocycles. The Labute approximate surface area is 158 Å². The number of anilines is 1. The van der Waals surface area contributed by atoms with Crippen molar-refractivity contribution < 1.29 is 13.9 Å². The highest BCUT2D eigenvalue weighted by Crippen LogP contribution is 2.32. The van der Waals surface area contributed by atoms with Crippen LogP contribution in [0.4, 0.5) is 5.13 Å². The fourth-order valence-corrected chi connectivity index (χ4v) is 3.48. The van der Waals surface area contributed by atoms with Crippen LogP contribution in [0.1, 0.15) is 10.6 Å². The summed E-state index contributed by atoms with van der Waals surface area (Å²) < 4.78 is 10.9. The van der Waals surface area contributed by atoms with Crippen LogP contribution in [-0.2, 0) is 0 Å². The van der Waals surface area contributed by atoms with Gasteiger partial charge in [-0.15, -0.1) is 11.3 Å². The van der Waals surface area contributed by atoms with Crippen LogP contribution in [0, 0.1) is 0 Å². The van der Waals surface area contributed by atoms with Gasteiger partial charge < -0.3 is 9.15 Å². The lowest BCUT2D eigenvalue weighted by Gasteiger charge is -2.04. The Kier molecular flexibility index (Phi) is 4.36. The van der Waals surface area contributed by atoms with Crippen molar-refractivity contribution in [2.75, 3.05) is 12.4 Å². The average Bonchev–Trinajstić information content (AvgIpc) is 3.28. The molecule has 5 nitrogen and oxygen atoms in total. The first-order valence-electron chi connectivity index (χ1n) is 7.73. The number of ether oxygens (including phenoxy) is 1. The molecular formula is C19H13ClN2O3S. The van der Waals surface area contributed by atoms with E-state index in [2.05, 4.69) is 10.3 Å². The topological polar surface area (TPSA) is 64.4 Å². The van der Waals surface area contributed by atoms with Gasteiger partial charge in [-0.1, -0.05) is 23.7 Å². The predicted octanol–water partition coefficient (Wildman–Crippen LogP) is 5.47. The lowest BCUT2D eigenvalue weighted by atomic mass is 10.1. The lowest BCUT2D eigenvalue weighted by Crippen LogP contribution is -2.10. The Morgan fingerprint density at radius 2 is 2.08 bits per heavy atom. The molecule has 26 heavy (non-hydrogen) atoms. The number of fused-ring (bicyclic) bond motifs is 1. The molecule has 1 amide bonds. The van der Waals surface area contributed by atoms with Gasteiger partial charge in [0.2, 0.25) is 0 Å². The summed E-state index contributed by atoms with van der Waals surface area (Å²) in [6.45, 7) is 0. The molecule has 4 aromatic rings. The van der Waals surface area contributed by atoms with Gasteiger partial charge in [0.05, 0.1) is 12.8 Å². The van der Waals surface area contributed by atoms with Crippen LogP contribution >= 0.6 is 22.9 Å². The van der Waals surface area contributed by atoms with E-state index in [9.17, 15) is 4.79 Å². The van der Waals surface area contributed by atoms with Crippen molar-refractivity contribution in [1.82, 2.24) is 4.98 Å². The van der Waals surface area contributed by atoms with Gasteiger partial charge in [-0.2, -0.15) is 0 Å². The number of benzene rings is 2. The lowest BCUT2D eigenvalue weighted by molar-refractivity contribution is 0.0998. The minimum Gasteiger partial charge on any atom is -0.496 e. The number of nitrogens with one attached hydrogen (secondary N) is 1. The summed E-state index contributed by atoms with van der Waals surface area (Å²) in [6, 6.07) is 14.5. The summed E-state index contributed by atoms with van der Waals surface area (Å²) in [5, 5.41) is 6.47. The number of halogens is 1. The molecule has 0 saturated carbocycles. The number of rotatable bonds is 4. The van der Waals surface area contributed by atoms with E-state index in [0.717, 1.165) is 22.4 Å². The van der Waals surface area contributed by atoms with E-state index < -0.39 is 0 Å². The van der Waals surface area contributed by atoms with E-state index in [1.54, 1.807) is 31.4 Å². The first kappa shape index (κ1) is 16.6. The van der Waals surface area contributed by atoms with E-state index >= 15 is 0 Å². The van der Waals surface area contributed by atoms with Gasteiger partial charge in [0.1, 0.15) is 11.3 Å². The van der Waals surface area contributed by atoms with E-state index in [4.69, 9.17) is 20.8 Å². The molecular weight excluding hydrogens is 372 g/mol.